The Balaban J connectivity index is 3.28. The number of carbonyl (C=O) groups is 1. The van der Waals surface area contributed by atoms with Gasteiger partial charge >= 0.3 is 0 Å². The Morgan fingerprint density at radius 3 is 2.78 bits per heavy atom. The van der Waals surface area contributed by atoms with Gasteiger partial charge in [-0.1, -0.05) is 0 Å². The summed E-state index contributed by atoms with van der Waals surface area (Å²) in [4.78, 5) is 10.5. The minimum absolute atomic E-state index is 0.0463. The summed E-state index contributed by atoms with van der Waals surface area (Å²) < 4.78 is 0. The van der Waals surface area contributed by atoms with E-state index in [-0.39, 0.29) is 19.1 Å². The molecule has 3 nitrogen and oxygen atoms in total. The van der Waals surface area contributed by atoms with Crippen LogP contribution < -0.4 is 5.32 Å². The van der Waals surface area contributed by atoms with Crippen molar-refractivity contribution in [2.75, 3.05) is 13.2 Å². The number of amides is 1. The molecule has 0 bridgehead atoms. The molecule has 0 aromatic heterocycles. The van der Waals surface area contributed by atoms with E-state index in [9.17, 15) is 4.79 Å². The second-order valence-electron chi connectivity index (χ2n) is 1.63. The van der Waals surface area contributed by atoms with Crippen molar-refractivity contribution in [1.29, 1.82) is 0 Å². The molecule has 0 fully saturated rings. The lowest BCUT2D eigenvalue weighted by atomic mass is 10.4. The number of nitrogens with one attached hydrogen (secondary N) is 1. The average Bonchev–Trinajstić information content (AvgIpc) is 1.82. The molecule has 0 unspecified atom stereocenters. The number of halogens is 1. The monoisotopic (exact) mass is 151 g/mol. The molecule has 0 aromatic rings. The lowest BCUT2D eigenvalue weighted by molar-refractivity contribution is -0.120. The Hall–Kier alpha value is -0.280. The first kappa shape index (κ1) is 8.72. The van der Waals surface area contributed by atoms with Crippen molar-refractivity contribution in [3.63, 3.8) is 0 Å². The van der Waals surface area contributed by atoms with E-state index in [0.717, 1.165) is 0 Å². The molecule has 0 aliphatic heterocycles. The van der Waals surface area contributed by atoms with Crippen LogP contribution in [0, 0.1) is 0 Å². The van der Waals surface area contributed by atoms with Gasteiger partial charge in [0.05, 0.1) is 6.61 Å². The number of hydrogen-bond donors (Lipinski definition) is 2. The summed E-state index contributed by atoms with van der Waals surface area (Å²) in [5.74, 6) is -0.245. The molecule has 0 saturated heterocycles. The van der Waals surface area contributed by atoms with Gasteiger partial charge in [-0.25, -0.2) is 0 Å². The van der Waals surface area contributed by atoms with Crippen molar-refractivity contribution in [3.05, 3.63) is 0 Å². The average molecular weight is 152 g/mol. The van der Waals surface area contributed by atoms with Crippen molar-refractivity contribution in [3.8, 4) is 0 Å². The van der Waals surface area contributed by atoms with E-state index in [1.54, 1.807) is 6.92 Å². The highest BCUT2D eigenvalue weighted by Crippen LogP contribution is 1.90. The molecule has 0 spiro atoms. The van der Waals surface area contributed by atoms with Gasteiger partial charge in [-0.3, -0.25) is 4.79 Å². The molecular weight excluding hydrogens is 142 g/mol. The van der Waals surface area contributed by atoms with Crippen molar-refractivity contribution >= 4 is 17.5 Å². The largest absolute Gasteiger partial charge is 0.395 e. The first-order chi connectivity index (χ1) is 4.18. The third kappa shape index (κ3) is 4.24. The van der Waals surface area contributed by atoms with E-state index in [0.29, 0.717) is 0 Å². The predicted octanol–water partition coefficient (Wildman–Crippen LogP) is -0.278. The normalized spacial score (nSPS) is 12.8. The van der Waals surface area contributed by atoms with Crippen molar-refractivity contribution in [2.24, 2.45) is 0 Å². The van der Waals surface area contributed by atoms with Gasteiger partial charge in [-0.15, -0.1) is 11.6 Å². The van der Waals surface area contributed by atoms with Crippen molar-refractivity contribution in [2.45, 2.75) is 12.3 Å². The zero-order valence-corrected chi connectivity index (χ0v) is 5.98. The topological polar surface area (TPSA) is 49.3 Å². The fraction of sp³-hybridized carbons (Fsp3) is 0.800. The summed E-state index contributed by atoms with van der Waals surface area (Å²) in [6, 6.07) is 0. The number of alkyl halides is 1. The molecule has 0 saturated carbocycles. The van der Waals surface area contributed by atoms with Crippen LogP contribution in [0.4, 0.5) is 0 Å². The van der Waals surface area contributed by atoms with Crippen LogP contribution in [0.25, 0.3) is 0 Å². The van der Waals surface area contributed by atoms with Crippen LogP contribution in [0.2, 0.25) is 0 Å². The molecule has 0 aromatic carbocycles. The minimum atomic E-state index is -0.517. The van der Waals surface area contributed by atoms with Crippen LogP contribution in [0.15, 0.2) is 0 Å². The van der Waals surface area contributed by atoms with E-state index in [2.05, 4.69) is 5.32 Å². The number of hydrogen-bond acceptors (Lipinski definition) is 2. The first-order valence-corrected chi connectivity index (χ1v) is 3.14. The lowest BCUT2D eigenvalue weighted by Crippen LogP contribution is -2.31. The van der Waals surface area contributed by atoms with Crippen LogP contribution in [0.1, 0.15) is 6.92 Å². The summed E-state index contributed by atoms with van der Waals surface area (Å²) >= 11 is 5.37. The van der Waals surface area contributed by atoms with Gasteiger partial charge in [0.25, 0.3) is 0 Å². The van der Waals surface area contributed by atoms with Crippen LogP contribution in [0.3, 0.4) is 0 Å². The Bertz CT molecular complexity index is 95.0. The molecule has 0 rings (SSSR count). The van der Waals surface area contributed by atoms with Gasteiger partial charge < -0.3 is 10.4 Å². The van der Waals surface area contributed by atoms with E-state index in [4.69, 9.17) is 16.7 Å². The standard InChI is InChI=1S/C5H10ClNO2/c1-4(6)5(9)7-2-3-8/h4,8H,2-3H2,1H3,(H,7,9)/t4-/m1/s1. The Morgan fingerprint density at radius 1 is 1.89 bits per heavy atom. The van der Waals surface area contributed by atoms with Gasteiger partial charge in [0.2, 0.25) is 5.91 Å². The summed E-state index contributed by atoms with van der Waals surface area (Å²) in [5, 5.41) is 10.1. The number of carbonyl (C=O) groups excluding carboxylic acids is 1. The molecule has 4 heteroatoms. The Morgan fingerprint density at radius 2 is 2.44 bits per heavy atom. The first-order valence-electron chi connectivity index (χ1n) is 2.71. The van der Waals surface area contributed by atoms with E-state index < -0.39 is 5.38 Å². The number of aliphatic hydroxyl groups is 1. The maximum Gasteiger partial charge on any atom is 0.237 e. The van der Waals surface area contributed by atoms with Crippen LogP contribution in [-0.2, 0) is 4.79 Å². The van der Waals surface area contributed by atoms with Gasteiger partial charge in [-0.2, -0.15) is 0 Å². The van der Waals surface area contributed by atoms with E-state index in [1.807, 2.05) is 0 Å². The summed E-state index contributed by atoms with van der Waals surface area (Å²) in [6.07, 6.45) is 0. The molecule has 1 atom stereocenters. The van der Waals surface area contributed by atoms with Gasteiger partial charge in [0.15, 0.2) is 0 Å². The summed E-state index contributed by atoms with van der Waals surface area (Å²) in [7, 11) is 0. The smallest absolute Gasteiger partial charge is 0.237 e. The number of rotatable bonds is 3. The van der Waals surface area contributed by atoms with Gasteiger partial charge in [0.1, 0.15) is 5.38 Å². The van der Waals surface area contributed by atoms with Crippen LogP contribution >= 0.6 is 11.6 Å². The third-order valence-corrected chi connectivity index (χ3v) is 0.971. The van der Waals surface area contributed by atoms with Crippen LogP contribution in [0.5, 0.6) is 0 Å². The Kier molecular flexibility index (Phi) is 4.44. The zero-order chi connectivity index (χ0) is 7.28. The Labute approximate surface area is 59.0 Å². The molecule has 1 amide bonds. The second-order valence-corrected chi connectivity index (χ2v) is 2.29. The summed E-state index contributed by atoms with van der Waals surface area (Å²) in [6.45, 7) is 1.81. The lowest BCUT2D eigenvalue weighted by Gasteiger charge is -2.02. The fourth-order valence-corrected chi connectivity index (χ4v) is 0.397. The number of aliphatic hydroxyl groups excluding tert-OH is 1. The maximum atomic E-state index is 10.5. The van der Waals surface area contributed by atoms with E-state index >= 15 is 0 Å². The molecule has 9 heavy (non-hydrogen) atoms. The maximum absolute atomic E-state index is 10.5. The predicted molar refractivity (Wildman–Crippen MR) is 35.4 cm³/mol. The zero-order valence-electron chi connectivity index (χ0n) is 5.22. The minimum Gasteiger partial charge on any atom is -0.395 e. The molecule has 2 N–H and O–H groups in total. The second kappa shape index (κ2) is 4.58. The molecule has 0 radical (unpaired) electrons. The quantitative estimate of drug-likeness (QED) is 0.546. The SMILES string of the molecule is C[C@@H](Cl)C(=O)NCCO. The molecule has 54 valence electrons. The molecular formula is C5H10ClNO2. The molecule has 0 heterocycles. The highest BCUT2D eigenvalue weighted by atomic mass is 35.5. The van der Waals surface area contributed by atoms with Crippen molar-refractivity contribution < 1.29 is 9.90 Å². The molecule has 0 aliphatic rings. The third-order valence-electron chi connectivity index (χ3n) is 0.772. The van der Waals surface area contributed by atoms with Gasteiger partial charge in [-0.05, 0) is 6.92 Å². The van der Waals surface area contributed by atoms with Gasteiger partial charge in [0, 0.05) is 6.54 Å². The fourth-order valence-electron chi connectivity index (χ4n) is 0.320. The van der Waals surface area contributed by atoms with Crippen molar-refractivity contribution in [1.82, 2.24) is 5.32 Å². The highest BCUT2D eigenvalue weighted by Gasteiger charge is 2.05. The highest BCUT2D eigenvalue weighted by molar-refractivity contribution is 6.30. The summed E-state index contributed by atoms with van der Waals surface area (Å²) in [5.41, 5.74) is 0. The van der Waals surface area contributed by atoms with Crippen LogP contribution in [-0.4, -0.2) is 29.5 Å². The molecule has 0 aliphatic carbocycles. The van der Waals surface area contributed by atoms with E-state index in [1.165, 1.54) is 0 Å².